The second-order valence-electron chi connectivity index (χ2n) is 9.11. The number of hydrogen-bond acceptors (Lipinski definition) is 3. The standard InChI is InChI=1S/C23H31BO3/c1-16(2)23(7,18-10-14-20(25)15-11-18)17-8-12-19(13-9-17)24-26-21(3,4)22(5,6)27-24/h8-16,25H,1-7H3. The molecule has 1 unspecified atom stereocenters. The first-order valence-corrected chi connectivity index (χ1v) is 9.73. The molecule has 0 saturated carbocycles. The van der Waals surface area contributed by atoms with Crippen molar-refractivity contribution in [3.63, 3.8) is 0 Å². The van der Waals surface area contributed by atoms with Crippen LogP contribution in [0.25, 0.3) is 0 Å². The van der Waals surface area contributed by atoms with Crippen LogP contribution in [-0.2, 0) is 14.7 Å². The summed E-state index contributed by atoms with van der Waals surface area (Å²) in [6, 6.07) is 16.1. The molecule has 1 aliphatic heterocycles. The van der Waals surface area contributed by atoms with Gasteiger partial charge in [0.2, 0.25) is 0 Å². The van der Waals surface area contributed by atoms with E-state index in [0.29, 0.717) is 11.7 Å². The zero-order valence-corrected chi connectivity index (χ0v) is 17.5. The molecule has 0 aliphatic carbocycles. The van der Waals surface area contributed by atoms with Gasteiger partial charge in [0.05, 0.1) is 11.2 Å². The topological polar surface area (TPSA) is 38.7 Å². The van der Waals surface area contributed by atoms with E-state index in [-0.39, 0.29) is 23.7 Å². The first-order chi connectivity index (χ1) is 12.5. The predicted molar refractivity (Wildman–Crippen MR) is 112 cm³/mol. The lowest BCUT2D eigenvalue weighted by molar-refractivity contribution is 0.00578. The first-order valence-electron chi connectivity index (χ1n) is 9.73. The largest absolute Gasteiger partial charge is 0.508 e. The van der Waals surface area contributed by atoms with Gasteiger partial charge in [-0.1, -0.05) is 57.2 Å². The summed E-state index contributed by atoms with van der Waals surface area (Å²) in [5, 5.41) is 9.65. The van der Waals surface area contributed by atoms with Crippen LogP contribution in [0.3, 0.4) is 0 Å². The first kappa shape index (κ1) is 20.0. The van der Waals surface area contributed by atoms with Crippen LogP contribution in [0.15, 0.2) is 48.5 Å². The van der Waals surface area contributed by atoms with Crippen LogP contribution in [0, 0.1) is 5.92 Å². The summed E-state index contributed by atoms with van der Waals surface area (Å²) >= 11 is 0. The minimum atomic E-state index is -0.344. The van der Waals surface area contributed by atoms with Crippen molar-refractivity contribution in [3.05, 3.63) is 59.7 Å². The van der Waals surface area contributed by atoms with E-state index < -0.39 is 0 Å². The van der Waals surface area contributed by atoms with Crippen LogP contribution in [0.2, 0.25) is 0 Å². The molecule has 3 nitrogen and oxygen atoms in total. The zero-order chi connectivity index (χ0) is 20.0. The summed E-state index contributed by atoms with van der Waals surface area (Å²) in [5.41, 5.74) is 2.64. The minimum Gasteiger partial charge on any atom is -0.508 e. The lowest BCUT2D eigenvalue weighted by Crippen LogP contribution is -2.41. The average molecular weight is 366 g/mol. The Hall–Kier alpha value is -1.78. The third kappa shape index (κ3) is 3.41. The van der Waals surface area contributed by atoms with E-state index >= 15 is 0 Å². The summed E-state index contributed by atoms with van der Waals surface area (Å²) in [6.07, 6.45) is 0. The highest BCUT2D eigenvalue weighted by Gasteiger charge is 2.51. The lowest BCUT2D eigenvalue weighted by Gasteiger charge is -2.35. The number of aromatic hydroxyl groups is 1. The van der Waals surface area contributed by atoms with Crippen molar-refractivity contribution in [1.82, 2.24) is 0 Å². The van der Waals surface area contributed by atoms with Gasteiger partial charge in [0.1, 0.15) is 5.75 Å². The van der Waals surface area contributed by atoms with Gasteiger partial charge in [-0.2, -0.15) is 0 Å². The highest BCUT2D eigenvalue weighted by atomic mass is 16.7. The monoisotopic (exact) mass is 366 g/mol. The molecular weight excluding hydrogens is 335 g/mol. The molecule has 0 aromatic heterocycles. The van der Waals surface area contributed by atoms with E-state index in [9.17, 15) is 5.11 Å². The number of hydrogen-bond donors (Lipinski definition) is 1. The lowest BCUT2D eigenvalue weighted by atomic mass is 9.67. The highest BCUT2D eigenvalue weighted by Crippen LogP contribution is 2.40. The summed E-state index contributed by atoms with van der Waals surface area (Å²) in [7, 11) is -0.344. The van der Waals surface area contributed by atoms with Crippen LogP contribution in [-0.4, -0.2) is 23.4 Å². The van der Waals surface area contributed by atoms with Crippen molar-refractivity contribution >= 4 is 12.6 Å². The number of phenolic OH excluding ortho intramolecular Hbond substituents is 1. The third-order valence-corrected chi connectivity index (χ3v) is 6.66. The summed E-state index contributed by atoms with van der Waals surface area (Å²) in [5.74, 6) is 0.686. The van der Waals surface area contributed by atoms with Gasteiger partial charge in [0.25, 0.3) is 0 Å². The van der Waals surface area contributed by atoms with Crippen molar-refractivity contribution in [2.75, 3.05) is 0 Å². The molecule has 1 atom stereocenters. The Morgan fingerprint density at radius 2 is 1.22 bits per heavy atom. The molecule has 2 aromatic carbocycles. The number of rotatable bonds is 4. The fraction of sp³-hybridized carbons (Fsp3) is 0.478. The molecular formula is C23H31BO3. The Labute approximate surface area is 163 Å². The molecule has 27 heavy (non-hydrogen) atoms. The Balaban J connectivity index is 1.92. The molecule has 0 radical (unpaired) electrons. The Bertz CT molecular complexity index is 777. The van der Waals surface area contributed by atoms with Crippen molar-refractivity contribution in [2.24, 2.45) is 5.92 Å². The summed E-state index contributed by atoms with van der Waals surface area (Å²) < 4.78 is 12.3. The third-order valence-electron chi connectivity index (χ3n) is 6.66. The maximum absolute atomic E-state index is 9.65. The van der Waals surface area contributed by atoms with Gasteiger partial charge in [-0.3, -0.25) is 0 Å². The van der Waals surface area contributed by atoms with E-state index in [1.165, 1.54) is 11.1 Å². The Morgan fingerprint density at radius 3 is 1.63 bits per heavy atom. The highest BCUT2D eigenvalue weighted by molar-refractivity contribution is 6.62. The van der Waals surface area contributed by atoms with Crippen molar-refractivity contribution in [2.45, 2.75) is 65.1 Å². The molecule has 1 fully saturated rings. The molecule has 0 amide bonds. The zero-order valence-electron chi connectivity index (χ0n) is 17.5. The minimum absolute atomic E-state index is 0.151. The van der Waals surface area contributed by atoms with Gasteiger partial charge < -0.3 is 14.4 Å². The van der Waals surface area contributed by atoms with E-state index in [1.54, 1.807) is 12.1 Å². The molecule has 144 valence electrons. The fourth-order valence-corrected chi connectivity index (χ4v) is 3.61. The van der Waals surface area contributed by atoms with Gasteiger partial charge in [-0.05, 0) is 62.3 Å². The van der Waals surface area contributed by atoms with Gasteiger partial charge in [-0.15, -0.1) is 0 Å². The van der Waals surface area contributed by atoms with Crippen LogP contribution >= 0.6 is 0 Å². The normalized spacial score (nSPS) is 20.7. The van der Waals surface area contributed by atoms with Gasteiger partial charge in [0.15, 0.2) is 0 Å². The maximum Gasteiger partial charge on any atom is 0.494 e. The molecule has 1 heterocycles. The van der Waals surface area contributed by atoms with Gasteiger partial charge >= 0.3 is 7.12 Å². The summed E-state index contributed by atoms with van der Waals surface area (Å²) in [6.45, 7) is 15.0. The van der Waals surface area contributed by atoms with Crippen molar-refractivity contribution in [3.8, 4) is 5.75 Å². The van der Waals surface area contributed by atoms with Crippen LogP contribution in [0.4, 0.5) is 0 Å². The second kappa shape index (κ2) is 6.68. The second-order valence-corrected chi connectivity index (χ2v) is 9.11. The fourth-order valence-electron chi connectivity index (χ4n) is 3.61. The molecule has 0 spiro atoms. The van der Waals surface area contributed by atoms with E-state index in [1.807, 2.05) is 12.1 Å². The van der Waals surface area contributed by atoms with Gasteiger partial charge in [-0.25, -0.2) is 0 Å². The van der Waals surface area contributed by atoms with Crippen LogP contribution in [0.1, 0.15) is 59.6 Å². The van der Waals surface area contributed by atoms with Crippen LogP contribution in [0.5, 0.6) is 5.75 Å². The number of phenols is 1. The molecule has 3 rings (SSSR count). The Kier molecular flexibility index (Phi) is 4.94. The van der Waals surface area contributed by atoms with Gasteiger partial charge in [0, 0.05) is 5.41 Å². The van der Waals surface area contributed by atoms with Crippen LogP contribution < -0.4 is 5.46 Å². The van der Waals surface area contributed by atoms with Crippen molar-refractivity contribution in [1.29, 1.82) is 0 Å². The summed E-state index contributed by atoms with van der Waals surface area (Å²) in [4.78, 5) is 0. The smallest absolute Gasteiger partial charge is 0.494 e. The maximum atomic E-state index is 9.65. The SMILES string of the molecule is CC(C)C(C)(c1ccc(O)cc1)c1ccc(B2OC(C)(C)C(C)(C)O2)cc1. The quantitative estimate of drug-likeness (QED) is 0.801. The Morgan fingerprint density at radius 1 is 0.815 bits per heavy atom. The van der Waals surface area contributed by atoms with Crippen molar-refractivity contribution < 1.29 is 14.4 Å². The van der Waals surface area contributed by atoms with E-state index in [0.717, 1.165) is 5.46 Å². The van der Waals surface area contributed by atoms with E-state index in [2.05, 4.69) is 72.7 Å². The molecule has 4 heteroatoms. The molecule has 1 aliphatic rings. The molecule has 1 N–H and O–H groups in total. The molecule has 0 bridgehead atoms. The molecule has 2 aromatic rings. The number of benzene rings is 2. The van der Waals surface area contributed by atoms with E-state index in [4.69, 9.17) is 9.31 Å². The molecule has 1 saturated heterocycles. The average Bonchev–Trinajstić information content (AvgIpc) is 2.82. The predicted octanol–water partition coefficient (Wildman–Crippen LogP) is 4.65.